The Morgan fingerprint density at radius 1 is 1.25 bits per heavy atom. The van der Waals surface area contributed by atoms with Crippen LogP contribution in [0.1, 0.15) is 37.8 Å². The molecule has 3 nitrogen and oxygen atoms in total. The fourth-order valence-electron chi connectivity index (χ4n) is 2.57. The summed E-state index contributed by atoms with van der Waals surface area (Å²) in [6.45, 7) is 0.617. The highest BCUT2D eigenvalue weighted by Gasteiger charge is 2.34. The number of anilines is 1. The Morgan fingerprint density at radius 2 is 1.95 bits per heavy atom. The van der Waals surface area contributed by atoms with Crippen LogP contribution in [-0.4, -0.2) is 27.9 Å². The SMILES string of the molecule is FC(F)(F)c1ccnc(N(CCBr)C2CCCCC2)n1. The van der Waals surface area contributed by atoms with Crippen LogP contribution in [0.5, 0.6) is 0 Å². The van der Waals surface area contributed by atoms with E-state index in [2.05, 4.69) is 25.9 Å². The lowest BCUT2D eigenvalue weighted by Gasteiger charge is -2.34. The van der Waals surface area contributed by atoms with Crippen LogP contribution in [0.2, 0.25) is 0 Å². The summed E-state index contributed by atoms with van der Waals surface area (Å²) in [6.07, 6.45) is 2.17. The number of halogens is 4. The molecule has 0 amide bonds. The van der Waals surface area contributed by atoms with Crippen molar-refractivity contribution in [1.29, 1.82) is 0 Å². The predicted octanol–water partition coefficient (Wildman–Crippen LogP) is 4.03. The number of hydrogen-bond acceptors (Lipinski definition) is 3. The third kappa shape index (κ3) is 3.84. The Bertz CT molecular complexity index is 433. The van der Waals surface area contributed by atoms with Crippen molar-refractivity contribution in [2.45, 2.75) is 44.3 Å². The van der Waals surface area contributed by atoms with Crippen LogP contribution in [0.4, 0.5) is 19.1 Å². The molecule has 0 aliphatic heterocycles. The van der Waals surface area contributed by atoms with E-state index in [0.29, 0.717) is 11.9 Å². The van der Waals surface area contributed by atoms with Gasteiger partial charge >= 0.3 is 6.18 Å². The molecular weight excluding hydrogens is 335 g/mol. The van der Waals surface area contributed by atoms with Crippen LogP contribution >= 0.6 is 15.9 Å². The van der Waals surface area contributed by atoms with Gasteiger partial charge in [0.2, 0.25) is 5.95 Å². The van der Waals surface area contributed by atoms with Gasteiger partial charge in [0.05, 0.1) is 0 Å². The maximum Gasteiger partial charge on any atom is 0.433 e. The van der Waals surface area contributed by atoms with Crippen molar-refractivity contribution < 1.29 is 13.2 Å². The molecule has 0 atom stereocenters. The first-order chi connectivity index (χ1) is 9.52. The molecule has 0 radical (unpaired) electrons. The van der Waals surface area contributed by atoms with E-state index in [1.165, 1.54) is 12.6 Å². The lowest BCUT2D eigenvalue weighted by Crippen LogP contribution is -2.39. The van der Waals surface area contributed by atoms with E-state index in [-0.39, 0.29) is 12.0 Å². The van der Waals surface area contributed by atoms with Crippen LogP contribution in [0.25, 0.3) is 0 Å². The highest BCUT2D eigenvalue weighted by molar-refractivity contribution is 9.09. The summed E-state index contributed by atoms with van der Waals surface area (Å²) in [5.74, 6) is 0.186. The molecular formula is C13H17BrF3N3. The molecule has 0 unspecified atom stereocenters. The van der Waals surface area contributed by atoms with Gasteiger partial charge in [0.1, 0.15) is 5.69 Å². The van der Waals surface area contributed by atoms with E-state index in [4.69, 9.17) is 0 Å². The lowest BCUT2D eigenvalue weighted by atomic mass is 9.94. The Balaban J connectivity index is 2.24. The number of nitrogens with zero attached hydrogens (tertiary/aromatic N) is 3. The van der Waals surface area contributed by atoms with Gasteiger partial charge in [-0.15, -0.1) is 0 Å². The molecule has 0 N–H and O–H groups in total. The molecule has 20 heavy (non-hydrogen) atoms. The summed E-state index contributed by atoms with van der Waals surface area (Å²) in [5.41, 5.74) is -0.877. The van der Waals surface area contributed by atoms with Crippen LogP contribution in [0.3, 0.4) is 0 Å². The van der Waals surface area contributed by atoms with Crippen molar-refractivity contribution in [2.75, 3.05) is 16.8 Å². The molecule has 0 bridgehead atoms. The zero-order valence-electron chi connectivity index (χ0n) is 11.0. The lowest BCUT2D eigenvalue weighted by molar-refractivity contribution is -0.141. The van der Waals surface area contributed by atoms with Gasteiger partial charge in [-0.05, 0) is 18.9 Å². The zero-order chi connectivity index (χ0) is 14.6. The van der Waals surface area contributed by atoms with Gasteiger partial charge in [0.15, 0.2) is 0 Å². The molecule has 1 saturated carbocycles. The highest BCUT2D eigenvalue weighted by Crippen LogP contribution is 2.30. The fourth-order valence-corrected chi connectivity index (χ4v) is 2.96. The fraction of sp³-hybridized carbons (Fsp3) is 0.692. The second-order valence-electron chi connectivity index (χ2n) is 4.91. The van der Waals surface area contributed by atoms with Gasteiger partial charge in [0.25, 0.3) is 0 Å². The average Bonchev–Trinajstić information content (AvgIpc) is 2.45. The molecule has 1 aromatic heterocycles. The second-order valence-corrected chi connectivity index (χ2v) is 5.71. The number of aromatic nitrogens is 2. The number of hydrogen-bond donors (Lipinski definition) is 0. The van der Waals surface area contributed by atoms with Crippen LogP contribution in [-0.2, 0) is 6.18 Å². The predicted molar refractivity (Wildman–Crippen MR) is 75.0 cm³/mol. The highest BCUT2D eigenvalue weighted by atomic mass is 79.9. The minimum Gasteiger partial charge on any atom is -0.337 e. The largest absolute Gasteiger partial charge is 0.433 e. The Labute approximate surface area is 124 Å². The number of alkyl halides is 4. The van der Waals surface area contributed by atoms with Crippen molar-refractivity contribution in [3.05, 3.63) is 18.0 Å². The Morgan fingerprint density at radius 3 is 2.55 bits per heavy atom. The van der Waals surface area contributed by atoms with Crippen LogP contribution in [0.15, 0.2) is 12.3 Å². The van der Waals surface area contributed by atoms with Gasteiger partial charge < -0.3 is 4.90 Å². The second kappa shape index (κ2) is 6.74. The van der Waals surface area contributed by atoms with Gasteiger partial charge in [0, 0.05) is 24.1 Å². The minimum absolute atomic E-state index is 0.186. The van der Waals surface area contributed by atoms with E-state index in [0.717, 1.165) is 31.7 Å². The molecule has 1 aliphatic rings. The number of rotatable bonds is 4. The molecule has 1 aliphatic carbocycles. The topological polar surface area (TPSA) is 29.0 Å². The van der Waals surface area contributed by atoms with E-state index >= 15 is 0 Å². The first-order valence-electron chi connectivity index (χ1n) is 6.75. The first-order valence-corrected chi connectivity index (χ1v) is 7.87. The standard InChI is InChI=1S/C13H17BrF3N3/c14-7-9-20(10-4-2-1-3-5-10)12-18-8-6-11(19-12)13(15,16)17/h6,8,10H,1-5,7,9H2. The Kier molecular flexibility index (Phi) is 5.23. The molecule has 0 aromatic carbocycles. The van der Waals surface area contributed by atoms with Crippen molar-refractivity contribution in [2.24, 2.45) is 0 Å². The van der Waals surface area contributed by atoms with E-state index in [1.807, 2.05) is 4.90 Å². The third-order valence-corrected chi connectivity index (χ3v) is 3.89. The molecule has 0 saturated heterocycles. The van der Waals surface area contributed by atoms with Crippen molar-refractivity contribution in [3.63, 3.8) is 0 Å². The van der Waals surface area contributed by atoms with Crippen LogP contribution < -0.4 is 4.90 Å². The molecule has 1 heterocycles. The molecule has 2 rings (SSSR count). The molecule has 7 heteroatoms. The van der Waals surface area contributed by atoms with Crippen molar-refractivity contribution >= 4 is 21.9 Å². The van der Waals surface area contributed by atoms with E-state index < -0.39 is 11.9 Å². The average molecular weight is 352 g/mol. The van der Waals surface area contributed by atoms with E-state index in [9.17, 15) is 13.2 Å². The van der Waals surface area contributed by atoms with Gasteiger partial charge in [-0.1, -0.05) is 35.2 Å². The smallest absolute Gasteiger partial charge is 0.337 e. The normalized spacial score (nSPS) is 17.2. The first kappa shape index (κ1) is 15.5. The van der Waals surface area contributed by atoms with Gasteiger partial charge in [-0.3, -0.25) is 0 Å². The molecule has 112 valence electrons. The van der Waals surface area contributed by atoms with Gasteiger partial charge in [-0.2, -0.15) is 13.2 Å². The molecule has 1 fully saturated rings. The summed E-state index contributed by atoms with van der Waals surface area (Å²) in [6, 6.07) is 1.15. The third-order valence-electron chi connectivity index (χ3n) is 3.53. The maximum atomic E-state index is 12.7. The monoisotopic (exact) mass is 351 g/mol. The van der Waals surface area contributed by atoms with E-state index in [1.54, 1.807) is 0 Å². The summed E-state index contributed by atoms with van der Waals surface area (Å²) >= 11 is 3.35. The molecule has 1 aromatic rings. The van der Waals surface area contributed by atoms with Crippen molar-refractivity contribution in [3.8, 4) is 0 Å². The van der Waals surface area contributed by atoms with Crippen molar-refractivity contribution in [1.82, 2.24) is 9.97 Å². The summed E-state index contributed by atoms with van der Waals surface area (Å²) < 4.78 is 38.2. The zero-order valence-corrected chi connectivity index (χ0v) is 12.6. The summed E-state index contributed by atoms with van der Waals surface area (Å²) in [4.78, 5) is 9.65. The summed E-state index contributed by atoms with van der Waals surface area (Å²) in [5, 5.41) is 0.684. The maximum absolute atomic E-state index is 12.7. The van der Waals surface area contributed by atoms with Gasteiger partial charge in [-0.25, -0.2) is 9.97 Å². The Hall–Kier alpha value is -0.850. The minimum atomic E-state index is -4.43. The van der Waals surface area contributed by atoms with Crippen LogP contribution in [0, 0.1) is 0 Å². The summed E-state index contributed by atoms with van der Waals surface area (Å²) in [7, 11) is 0. The molecule has 0 spiro atoms. The quantitative estimate of drug-likeness (QED) is 0.767.